The van der Waals surface area contributed by atoms with Crippen molar-refractivity contribution >= 4 is 45.3 Å². The molecule has 0 bridgehead atoms. The second-order valence-electron chi connectivity index (χ2n) is 10.9. The number of furan rings is 1. The first-order valence-corrected chi connectivity index (χ1v) is 12.9. The van der Waals surface area contributed by atoms with E-state index in [0.29, 0.717) is 11.1 Å². The average Bonchev–Trinajstić information content (AvgIpc) is 3.44. The summed E-state index contributed by atoms with van der Waals surface area (Å²) in [5.41, 5.74) is 3.64. The average molecular weight is 500 g/mol. The van der Waals surface area contributed by atoms with Gasteiger partial charge >= 0.3 is 7.12 Å². The van der Waals surface area contributed by atoms with Crippen LogP contribution in [0.2, 0.25) is 0 Å². The highest BCUT2D eigenvalue weighted by Gasteiger charge is 2.51. The van der Waals surface area contributed by atoms with Gasteiger partial charge in [-0.05, 0) is 90.4 Å². The summed E-state index contributed by atoms with van der Waals surface area (Å²) < 4.78 is 53.3. The van der Waals surface area contributed by atoms with Gasteiger partial charge in [-0.15, -0.1) is 0 Å². The van der Waals surface area contributed by atoms with Crippen molar-refractivity contribution < 1.29 is 19.2 Å². The molecule has 2 heterocycles. The third-order valence-electron chi connectivity index (χ3n) is 7.98. The molecule has 3 nitrogen and oxygen atoms in total. The van der Waals surface area contributed by atoms with Gasteiger partial charge in [0.1, 0.15) is 11.2 Å². The Morgan fingerprint density at radius 2 is 1.37 bits per heavy atom. The molecule has 6 aromatic rings. The molecule has 0 unspecified atom stereocenters. The number of hydrogen-bond donors (Lipinski definition) is 0. The van der Waals surface area contributed by atoms with Crippen LogP contribution >= 0.6 is 0 Å². The Hall–Kier alpha value is -3.86. The number of benzene rings is 5. The summed E-state index contributed by atoms with van der Waals surface area (Å²) in [5, 5.41) is 4.10. The lowest BCUT2D eigenvalue weighted by Gasteiger charge is -2.32. The highest BCUT2D eigenvalue weighted by Crippen LogP contribution is 2.39. The SMILES string of the molecule is [2H]c1c([2H])c(B2OC(C)(C)C(C)(C)O2)c([2H])c(-c2ccc3cc(-c4cccc5oc6ccccc6c45)ccc3c2)c1[2H]. The molecule has 0 aliphatic carbocycles. The number of para-hydroxylation sites is 1. The molecule has 1 fully saturated rings. The Balaban J connectivity index is 1.34. The Morgan fingerprint density at radius 3 is 2.16 bits per heavy atom. The molecule has 186 valence electrons. The summed E-state index contributed by atoms with van der Waals surface area (Å²) in [6, 6.07) is 25.6. The van der Waals surface area contributed by atoms with Gasteiger partial charge in [0, 0.05) is 10.8 Å². The van der Waals surface area contributed by atoms with Crippen molar-refractivity contribution in [3.05, 3.63) is 103 Å². The lowest BCUT2D eigenvalue weighted by atomic mass is 9.78. The lowest BCUT2D eigenvalue weighted by Crippen LogP contribution is -2.41. The minimum absolute atomic E-state index is 0.0195. The minimum Gasteiger partial charge on any atom is -0.456 e. The summed E-state index contributed by atoms with van der Waals surface area (Å²) in [7, 11) is -0.969. The van der Waals surface area contributed by atoms with E-state index in [4.69, 9.17) is 19.2 Å². The molecule has 38 heavy (non-hydrogen) atoms. The van der Waals surface area contributed by atoms with Gasteiger partial charge in [-0.3, -0.25) is 0 Å². The van der Waals surface area contributed by atoms with Crippen LogP contribution in [0, 0.1) is 0 Å². The fourth-order valence-corrected chi connectivity index (χ4v) is 5.17. The topological polar surface area (TPSA) is 31.6 Å². The first-order chi connectivity index (χ1) is 20.0. The van der Waals surface area contributed by atoms with E-state index in [0.717, 1.165) is 43.8 Å². The van der Waals surface area contributed by atoms with Gasteiger partial charge in [0.2, 0.25) is 0 Å². The summed E-state index contributed by atoms with van der Waals surface area (Å²) in [6.45, 7) is 7.65. The van der Waals surface area contributed by atoms with Gasteiger partial charge in [-0.2, -0.15) is 0 Å². The molecule has 7 rings (SSSR count). The van der Waals surface area contributed by atoms with Crippen LogP contribution in [-0.2, 0) is 9.31 Å². The molecular formula is C34H29BO3. The van der Waals surface area contributed by atoms with Crippen LogP contribution in [-0.4, -0.2) is 18.3 Å². The molecule has 0 amide bonds. The van der Waals surface area contributed by atoms with Gasteiger partial charge in [-0.25, -0.2) is 0 Å². The maximum absolute atomic E-state index is 9.08. The second-order valence-corrected chi connectivity index (χ2v) is 10.9. The summed E-state index contributed by atoms with van der Waals surface area (Å²) >= 11 is 0. The standard InChI is InChI=1S/C34H29BO3/c1-33(2)34(3,4)38-35(37-33)27-10-7-9-22(21-27)23-15-16-25-20-26(18-17-24(25)19-23)28-12-8-14-31-32(28)29-11-5-6-13-30(29)36-31/h5-21H,1-4H3/i7D,9D,10D,21D. The van der Waals surface area contributed by atoms with Crippen molar-refractivity contribution in [3.63, 3.8) is 0 Å². The quantitative estimate of drug-likeness (QED) is 0.229. The van der Waals surface area contributed by atoms with Crippen molar-refractivity contribution in [2.24, 2.45) is 0 Å². The van der Waals surface area contributed by atoms with Crippen LogP contribution in [0.15, 0.2) is 107 Å². The Bertz CT molecular complexity index is 2050. The van der Waals surface area contributed by atoms with Gasteiger partial charge in [0.05, 0.1) is 16.7 Å². The molecule has 0 N–H and O–H groups in total. The molecule has 5 aromatic carbocycles. The zero-order chi connectivity index (χ0) is 29.6. The molecule has 0 radical (unpaired) electrons. The van der Waals surface area contributed by atoms with E-state index in [1.165, 1.54) is 0 Å². The molecule has 0 atom stereocenters. The normalized spacial score (nSPS) is 18.1. The predicted molar refractivity (Wildman–Crippen MR) is 158 cm³/mol. The predicted octanol–water partition coefficient (Wildman–Crippen LogP) is 8.37. The van der Waals surface area contributed by atoms with Crippen LogP contribution in [0.5, 0.6) is 0 Å². The fourth-order valence-electron chi connectivity index (χ4n) is 5.17. The van der Waals surface area contributed by atoms with Crippen LogP contribution in [0.3, 0.4) is 0 Å². The zero-order valence-electron chi connectivity index (χ0n) is 25.8. The Morgan fingerprint density at radius 1 is 0.684 bits per heavy atom. The van der Waals surface area contributed by atoms with Gasteiger partial charge in [-0.1, -0.05) is 78.8 Å². The highest BCUT2D eigenvalue weighted by atomic mass is 16.7. The van der Waals surface area contributed by atoms with Crippen LogP contribution < -0.4 is 5.46 Å². The van der Waals surface area contributed by atoms with E-state index in [1.807, 2.05) is 82.3 Å². The van der Waals surface area contributed by atoms with Crippen molar-refractivity contribution in [1.82, 2.24) is 0 Å². The first-order valence-electron chi connectivity index (χ1n) is 14.9. The van der Waals surface area contributed by atoms with E-state index in [9.17, 15) is 0 Å². The van der Waals surface area contributed by atoms with E-state index < -0.39 is 18.3 Å². The molecule has 0 saturated carbocycles. The van der Waals surface area contributed by atoms with Gasteiger partial charge in [0.15, 0.2) is 0 Å². The third-order valence-corrected chi connectivity index (χ3v) is 7.98. The van der Waals surface area contributed by atoms with Crippen LogP contribution in [0.4, 0.5) is 0 Å². The largest absolute Gasteiger partial charge is 0.494 e. The van der Waals surface area contributed by atoms with Crippen molar-refractivity contribution in [2.75, 3.05) is 0 Å². The Kier molecular flexibility index (Phi) is 4.22. The smallest absolute Gasteiger partial charge is 0.456 e. The third kappa shape index (κ3) is 3.67. The van der Waals surface area contributed by atoms with Crippen LogP contribution in [0.25, 0.3) is 55.0 Å². The van der Waals surface area contributed by atoms with Crippen molar-refractivity contribution in [2.45, 2.75) is 38.9 Å². The summed E-state index contributed by atoms with van der Waals surface area (Å²) in [6.07, 6.45) is 0. The fraction of sp³-hybridized carbons (Fsp3) is 0.176. The van der Waals surface area contributed by atoms with Gasteiger partial charge in [0.25, 0.3) is 0 Å². The minimum atomic E-state index is -0.969. The number of hydrogen-bond acceptors (Lipinski definition) is 3. The molecular weight excluding hydrogens is 467 g/mol. The van der Waals surface area contributed by atoms with E-state index in [2.05, 4.69) is 24.3 Å². The summed E-state index contributed by atoms with van der Waals surface area (Å²) in [5.74, 6) is 0. The maximum Gasteiger partial charge on any atom is 0.494 e. The summed E-state index contributed by atoms with van der Waals surface area (Å²) in [4.78, 5) is 0. The van der Waals surface area contributed by atoms with E-state index in [1.54, 1.807) is 0 Å². The molecule has 0 spiro atoms. The molecule has 1 aliphatic heterocycles. The highest BCUT2D eigenvalue weighted by molar-refractivity contribution is 6.62. The van der Waals surface area contributed by atoms with Crippen LogP contribution in [0.1, 0.15) is 33.2 Å². The lowest BCUT2D eigenvalue weighted by molar-refractivity contribution is 0.00578. The Labute approximate surface area is 228 Å². The maximum atomic E-state index is 9.08. The van der Waals surface area contributed by atoms with Crippen molar-refractivity contribution in [1.29, 1.82) is 0 Å². The molecule has 1 saturated heterocycles. The number of rotatable bonds is 3. The molecule has 1 aliphatic rings. The van der Waals surface area contributed by atoms with E-state index >= 15 is 0 Å². The van der Waals surface area contributed by atoms with E-state index in [-0.39, 0.29) is 29.6 Å². The first kappa shape index (κ1) is 19.2. The molecule has 1 aromatic heterocycles. The molecule has 4 heteroatoms. The zero-order valence-corrected chi connectivity index (χ0v) is 21.8. The van der Waals surface area contributed by atoms with Gasteiger partial charge < -0.3 is 13.7 Å². The monoisotopic (exact) mass is 500 g/mol. The van der Waals surface area contributed by atoms with Crippen molar-refractivity contribution in [3.8, 4) is 22.3 Å². The second kappa shape index (κ2) is 8.32. The number of fused-ring (bicyclic) bond motifs is 4.